The molecule has 0 saturated heterocycles. The van der Waals surface area contributed by atoms with Gasteiger partial charge in [0.2, 0.25) is 0 Å². The van der Waals surface area contributed by atoms with Crippen molar-refractivity contribution in [3.8, 4) is 0 Å². The van der Waals surface area contributed by atoms with Gasteiger partial charge in [0.1, 0.15) is 5.15 Å². The second-order valence-electron chi connectivity index (χ2n) is 5.78. The SMILES string of the molecule is Cc1nc(Cl)c(Br)cc1NS(=O)(=O)c1cc(C(C)(C)C)no1. The number of halogens is 2. The molecular weight excluding hydrogens is 394 g/mol. The van der Waals surface area contributed by atoms with E-state index in [-0.39, 0.29) is 15.7 Å². The molecule has 2 aromatic rings. The van der Waals surface area contributed by atoms with Crippen LogP contribution in [0.3, 0.4) is 0 Å². The fourth-order valence-corrected chi connectivity index (χ4v) is 3.09. The van der Waals surface area contributed by atoms with Crippen LogP contribution in [0.2, 0.25) is 5.15 Å². The number of hydrogen-bond acceptors (Lipinski definition) is 5. The largest absolute Gasteiger partial charge is 0.342 e. The van der Waals surface area contributed by atoms with Crippen LogP contribution in [-0.2, 0) is 15.4 Å². The normalized spacial score (nSPS) is 12.5. The maximum absolute atomic E-state index is 12.4. The number of nitrogens with one attached hydrogen (secondary N) is 1. The minimum Gasteiger partial charge on any atom is -0.342 e. The Hall–Kier alpha value is -1.12. The summed E-state index contributed by atoms with van der Waals surface area (Å²) < 4.78 is 32.6. The summed E-state index contributed by atoms with van der Waals surface area (Å²) in [5.74, 6) is 0. The van der Waals surface area contributed by atoms with Crippen LogP contribution in [0.25, 0.3) is 0 Å². The number of pyridine rings is 1. The number of aryl methyl sites for hydroxylation is 1. The first-order chi connectivity index (χ1) is 10.0. The van der Waals surface area contributed by atoms with Gasteiger partial charge in [-0.3, -0.25) is 4.72 Å². The van der Waals surface area contributed by atoms with E-state index in [0.29, 0.717) is 21.5 Å². The van der Waals surface area contributed by atoms with Gasteiger partial charge in [0.05, 0.1) is 21.5 Å². The molecule has 0 spiro atoms. The van der Waals surface area contributed by atoms with Crippen molar-refractivity contribution >= 4 is 43.2 Å². The van der Waals surface area contributed by atoms with E-state index in [2.05, 4.69) is 30.8 Å². The van der Waals surface area contributed by atoms with Crippen LogP contribution in [0.1, 0.15) is 32.2 Å². The Bertz CT molecular complexity index is 812. The Balaban J connectivity index is 2.36. The summed E-state index contributed by atoms with van der Waals surface area (Å²) in [6.07, 6.45) is 0. The Morgan fingerprint density at radius 3 is 2.50 bits per heavy atom. The molecule has 9 heteroatoms. The molecule has 2 aromatic heterocycles. The summed E-state index contributed by atoms with van der Waals surface area (Å²) >= 11 is 9.07. The summed E-state index contributed by atoms with van der Waals surface area (Å²) in [5.41, 5.74) is 1.01. The summed E-state index contributed by atoms with van der Waals surface area (Å²) in [6, 6.07) is 2.96. The zero-order valence-electron chi connectivity index (χ0n) is 12.4. The molecule has 120 valence electrons. The van der Waals surface area contributed by atoms with Crippen molar-refractivity contribution in [2.24, 2.45) is 0 Å². The maximum atomic E-state index is 12.4. The number of aromatic nitrogens is 2. The Morgan fingerprint density at radius 1 is 1.32 bits per heavy atom. The molecule has 0 aromatic carbocycles. The second-order valence-corrected chi connectivity index (χ2v) is 8.61. The molecule has 0 saturated carbocycles. The van der Waals surface area contributed by atoms with Crippen LogP contribution >= 0.6 is 27.5 Å². The molecule has 0 amide bonds. The Labute approximate surface area is 142 Å². The third kappa shape index (κ3) is 3.61. The minimum atomic E-state index is -3.89. The molecular formula is C13H15BrClN3O3S. The van der Waals surface area contributed by atoms with Crippen LogP contribution in [-0.4, -0.2) is 18.6 Å². The highest BCUT2D eigenvalue weighted by Gasteiger charge is 2.26. The van der Waals surface area contributed by atoms with Gasteiger partial charge in [-0.05, 0) is 28.9 Å². The van der Waals surface area contributed by atoms with Gasteiger partial charge in [0.15, 0.2) is 0 Å². The summed E-state index contributed by atoms with van der Waals surface area (Å²) in [7, 11) is -3.89. The molecule has 0 aliphatic carbocycles. The van der Waals surface area contributed by atoms with E-state index in [1.54, 1.807) is 13.0 Å². The molecule has 1 N–H and O–H groups in total. The minimum absolute atomic E-state index is 0.247. The van der Waals surface area contributed by atoms with Gasteiger partial charge in [0.25, 0.3) is 15.1 Å². The number of hydrogen-bond donors (Lipinski definition) is 1. The quantitative estimate of drug-likeness (QED) is 0.779. The van der Waals surface area contributed by atoms with Crippen molar-refractivity contribution in [1.29, 1.82) is 0 Å². The van der Waals surface area contributed by atoms with Crippen LogP contribution in [0.4, 0.5) is 5.69 Å². The molecule has 0 aliphatic rings. The highest BCUT2D eigenvalue weighted by atomic mass is 79.9. The number of nitrogens with zero attached hydrogens (tertiary/aromatic N) is 2. The number of anilines is 1. The predicted octanol–water partition coefficient (Wildman–Crippen LogP) is 3.89. The van der Waals surface area contributed by atoms with Gasteiger partial charge < -0.3 is 4.52 Å². The van der Waals surface area contributed by atoms with Gasteiger partial charge in [-0.15, -0.1) is 0 Å². The lowest BCUT2D eigenvalue weighted by atomic mass is 9.93. The molecule has 0 fully saturated rings. The molecule has 0 radical (unpaired) electrons. The first-order valence-electron chi connectivity index (χ1n) is 6.33. The van der Waals surface area contributed by atoms with Gasteiger partial charge in [0, 0.05) is 11.5 Å². The lowest BCUT2D eigenvalue weighted by Crippen LogP contribution is -2.14. The molecule has 0 aliphatic heterocycles. The van der Waals surface area contributed by atoms with Crippen molar-refractivity contribution < 1.29 is 12.9 Å². The average Bonchev–Trinajstić information content (AvgIpc) is 2.85. The zero-order valence-corrected chi connectivity index (χ0v) is 15.6. The molecule has 0 atom stereocenters. The van der Waals surface area contributed by atoms with E-state index in [0.717, 1.165) is 0 Å². The van der Waals surface area contributed by atoms with Gasteiger partial charge >= 0.3 is 0 Å². The predicted molar refractivity (Wildman–Crippen MR) is 87.7 cm³/mol. The third-order valence-corrected chi connectivity index (χ3v) is 5.22. The summed E-state index contributed by atoms with van der Waals surface area (Å²) in [6.45, 7) is 7.40. The van der Waals surface area contributed by atoms with Gasteiger partial charge in [-0.1, -0.05) is 37.5 Å². The van der Waals surface area contributed by atoms with Crippen molar-refractivity contribution in [2.75, 3.05) is 4.72 Å². The molecule has 0 bridgehead atoms. The molecule has 22 heavy (non-hydrogen) atoms. The van der Waals surface area contributed by atoms with E-state index < -0.39 is 10.0 Å². The summed E-state index contributed by atoms with van der Waals surface area (Å²) in [4.78, 5) is 4.04. The highest BCUT2D eigenvalue weighted by molar-refractivity contribution is 9.10. The third-order valence-electron chi connectivity index (χ3n) is 2.89. The topological polar surface area (TPSA) is 85.1 Å². The van der Waals surface area contributed by atoms with Crippen molar-refractivity contribution in [2.45, 2.75) is 38.2 Å². The highest BCUT2D eigenvalue weighted by Crippen LogP contribution is 2.29. The van der Waals surface area contributed by atoms with E-state index in [4.69, 9.17) is 16.1 Å². The number of rotatable bonds is 3. The van der Waals surface area contributed by atoms with Crippen molar-refractivity contribution in [1.82, 2.24) is 10.1 Å². The van der Waals surface area contributed by atoms with Crippen LogP contribution in [0.5, 0.6) is 0 Å². The lowest BCUT2D eigenvalue weighted by Gasteiger charge is -2.12. The standard InChI is InChI=1S/C13H15BrClN3O3S/c1-7-9(5-8(14)12(15)16-7)18-22(19,20)11-6-10(17-21-11)13(2,3)4/h5-6,18H,1-4H3. The maximum Gasteiger partial charge on any atom is 0.298 e. The van der Waals surface area contributed by atoms with Crippen LogP contribution in [0.15, 0.2) is 26.2 Å². The Kier molecular flexibility index (Phi) is 4.56. The average molecular weight is 409 g/mol. The zero-order chi connectivity index (χ0) is 16.7. The van der Waals surface area contributed by atoms with Crippen molar-refractivity contribution in [3.05, 3.63) is 33.1 Å². The van der Waals surface area contributed by atoms with E-state index in [9.17, 15) is 8.42 Å². The molecule has 0 unspecified atom stereocenters. The van der Waals surface area contributed by atoms with E-state index in [1.165, 1.54) is 6.07 Å². The van der Waals surface area contributed by atoms with Crippen LogP contribution < -0.4 is 4.72 Å². The van der Waals surface area contributed by atoms with Gasteiger partial charge in [-0.2, -0.15) is 8.42 Å². The smallest absolute Gasteiger partial charge is 0.298 e. The Morgan fingerprint density at radius 2 is 1.95 bits per heavy atom. The van der Waals surface area contributed by atoms with Crippen molar-refractivity contribution in [3.63, 3.8) is 0 Å². The lowest BCUT2D eigenvalue weighted by molar-refractivity contribution is 0.327. The molecule has 6 nitrogen and oxygen atoms in total. The fourth-order valence-electron chi connectivity index (χ4n) is 1.59. The first kappa shape index (κ1) is 17.2. The van der Waals surface area contributed by atoms with E-state index in [1.807, 2.05) is 20.8 Å². The molecule has 2 rings (SSSR count). The van der Waals surface area contributed by atoms with E-state index >= 15 is 0 Å². The van der Waals surface area contributed by atoms with Gasteiger partial charge in [-0.25, -0.2) is 4.98 Å². The fraction of sp³-hybridized carbons (Fsp3) is 0.385. The van der Waals surface area contributed by atoms with Crippen LogP contribution in [0, 0.1) is 6.92 Å². The number of sulfonamides is 1. The molecule has 2 heterocycles. The second kappa shape index (κ2) is 5.82. The first-order valence-corrected chi connectivity index (χ1v) is 8.99. The monoisotopic (exact) mass is 407 g/mol. The summed E-state index contributed by atoms with van der Waals surface area (Å²) in [5, 5.41) is 3.82.